The maximum absolute atomic E-state index is 12.7. The van der Waals surface area contributed by atoms with Gasteiger partial charge in [-0.1, -0.05) is 36.3 Å². The van der Waals surface area contributed by atoms with E-state index in [1.54, 1.807) is 24.3 Å². The normalized spacial score (nSPS) is 10.9. The monoisotopic (exact) mass is 275 g/mol. The van der Waals surface area contributed by atoms with Gasteiger partial charge in [0.2, 0.25) is 0 Å². The Labute approximate surface area is 115 Å². The largest absolute Gasteiger partial charge is 0.480 e. The molecule has 0 unspecified atom stereocenters. The molecule has 0 aliphatic rings. The molecular weight excluding hydrogens is 265 g/mol. The summed E-state index contributed by atoms with van der Waals surface area (Å²) in [4.78, 5) is 0. The van der Waals surface area contributed by atoms with E-state index in [1.807, 2.05) is 0 Å². The minimum absolute atomic E-state index is 0.0342. The SMILES string of the molecule is C#CCOc1[c]cccc1-c1cccc(C(F)(F)F)c1. The van der Waals surface area contributed by atoms with Crippen molar-refractivity contribution in [3.8, 4) is 29.2 Å². The number of hydrogen-bond acceptors (Lipinski definition) is 1. The fourth-order valence-electron chi connectivity index (χ4n) is 1.75. The van der Waals surface area contributed by atoms with Crippen molar-refractivity contribution in [2.45, 2.75) is 6.18 Å². The van der Waals surface area contributed by atoms with Gasteiger partial charge in [-0.15, -0.1) is 6.42 Å². The number of rotatable bonds is 3. The first-order valence-corrected chi connectivity index (χ1v) is 5.77. The van der Waals surface area contributed by atoms with Crippen molar-refractivity contribution in [1.82, 2.24) is 0 Å². The van der Waals surface area contributed by atoms with Gasteiger partial charge in [-0.2, -0.15) is 13.2 Å². The van der Waals surface area contributed by atoms with Crippen LogP contribution in [0.1, 0.15) is 5.56 Å². The lowest BCUT2D eigenvalue weighted by atomic mass is 10.0. The zero-order valence-electron chi connectivity index (χ0n) is 10.4. The van der Waals surface area contributed by atoms with E-state index in [-0.39, 0.29) is 6.61 Å². The molecule has 0 aromatic heterocycles. The summed E-state index contributed by atoms with van der Waals surface area (Å²) in [6.07, 6.45) is 0.728. The fourth-order valence-corrected chi connectivity index (χ4v) is 1.75. The maximum atomic E-state index is 12.7. The Morgan fingerprint density at radius 2 is 2.00 bits per heavy atom. The van der Waals surface area contributed by atoms with Gasteiger partial charge in [-0.25, -0.2) is 0 Å². The first-order valence-electron chi connectivity index (χ1n) is 5.77. The predicted octanol–water partition coefficient (Wildman–Crippen LogP) is 4.18. The van der Waals surface area contributed by atoms with Gasteiger partial charge < -0.3 is 4.74 Å². The van der Waals surface area contributed by atoms with E-state index in [0.29, 0.717) is 16.9 Å². The van der Waals surface area contributed by atoms with Crippen molar-refractivity contribution in [2.75, 3.05) is 6.61 Å². The number of para-hydroxylation sites is 1. The summed E-state index contributed by atoms with van der Waals surface area (Å²) in [6, 6.07) is 12.8. The molecule has 0 N–H and O–H groups in total. The van der Waals surface area contributed by atoms with Gasteiger partial charge in [0.1, 0.15) is 12.4 Å². The molecule has 2 rings (SSSR count). The van der Waals surface area contributed by atoms with Gasteiger partial charge in [0.15, 0.2) is 0 Å². The molecule has 2 aromatic carbocycles. The highest BCUT2D eigenvalue weighted by Gasteiger charge is 2.30. The highest BCUT2D eigenvalue weighted by Crippen LogP contribution is 2.35. The van der Waals surface area contributed by atoms with E-state index in [2.05, 4.69) is 12.0 Å². The Morgan fingerprint density at radius 1 is 1.20 bits per heavy atom. The zero-order valence-corrected chi connectivity index (χ0v) is 10.4. The minimum Gasteiger partial charge on any atom is -0.480 e. The Hall–Kier alpha value is -2.41. The molecule has 0 heterocycles. The van der Waals surface area contributed by atoms with Crippen LogP contribution in [0.3, 0.4) is 0 Å². The topological polar surface area (TPSA) is 9.23 Å². The number of halogens is 3. The second kappa shape index (κ2) is 5.70. The van der Waals surface area contributed by atoms with E-state index < -0.39 is 11.7 Å². The van der Waals surface area contributed by atoms with E-state index in [1.165, 1.54) is 6.07 Å². The molecule has 101 valence electrons. The summed E-state index contributed by atoms with van der Waals surface area (Å²) >= 11 is 0. The first-order chi connectivity index (χ1) is 9.52. The third kappa shape index (κ3) is 3.12. The van der Waals surface area contributed by atoms with Gasteiger partial charge in [0.25, 0.3) is 0 Å². The predicted molar refractivity (Wildman–Crippen MR) is 70.0 cm³/mol. The highest BCUT2D eigenvalue weighted by atomic mass is 19.4. The Balaban J connectivity index is 2.44. The van der Waals surface area contributed by atoms with Crippen LogP contribution in [0.15, 0.2) is 42.5 Å². The Kier molecular flexibility index (Phi) is 3.99. The van der Waals surface area contributed by atoms with Crippen molar-refractivity contribution in [2.24, 2.45) is 0 Å². The molecule has 2 aromatic rings. The zero-order chi connectivity index (χ0) is 14.6. The van der Waals surface area contributed by atoms with Crippen molar-refractivity contribution >= 4 is 0 Å². The summed E-state index contributed by atoms with van der Waals surface area (Å²) in [5, 5.41) is 0. The number of terminal acetylenes is 1. The van der Waals surface area contributed by atoms with Crippen LogP contribution < -0.4 is 4.74 Å². The standard InChI is InChI=1S/C16H10F3O/c1-2-10-20-15-9-4-3-8-14(15)12-6-5-7-13(11-12)16(17,18)19/h1,3-8,11H,10H2. The average Bonchev–Trinajstić information content (AvgIpc) is 2.45. The van der Waals surface area contributed by atoms with Crippen molar-refractivity contribution < 1.29 is 17.9 Å². The fraction of sp³-hybridized carbons (Fsp3) is 0.125. The molecule has 0 saturated heterocycles. The molecular formula is C16H10F3O. The van der Waals surface area contributed by atoms with Crippen LogP contribution in [0.25, 0.3) is 11.1 Å². The van der Waals surface area contributed by atoms with Crippen LogP contribution in [0, 0.1) is 18.4 Å². The van der Waals surface area contributed by atoms with E-state index in [4.69, 9.17) is 11.2 Å². The van der Waals surface area contributed by atoms with Gasteiger partial charge in [-0.05, 0) is 17.7 Å². The van der Waals surface area contributed by atoms with Crippen molar-refractivity contribution in [3.63, 3.8) is 0 Å². The van der Waals surface area contributed by atoms with Gasteiger partial charge in [0.05, 0.1) is 5.56 Å². The lowest BCUT2D eigenvalue weighted by molar-refractivity contribution is -0.137. The van der Waals surface area contributed by atoms with E-state index in [0.717, 1.165) is 12.1 Å². The lowest BCUT2D eigenvalue weighted by Gasteiger charge is -2.12. The van der Waals surface area contributed by atoms with E-state index in [9.17, 15) is 13.2 Å². The summed E-state index contributed by atoms with van der Waals surface area (Å²) < 4.78 is 43.5. The third-order valence-electron chi connectivity index (χ3n) is 2.62. The summed E-state index contributed by atoms with van der Waals surface area (Å²) in [5.74, 6) is 2.65. The Bertz CT molecular complexity index is 639. The molecule has 1 nitrogen and oxygen atoms in total. The second-order valence-corrected chi connectivity index (χ2v) is 3.98. The van der Waals surface area contributed by atoms with Crippen LogP contribution in [0.5, 0.6) is 5.75 Å². The molecule has 0 fully saturated rings. The average molecular weight is 275 g/mol. The molecule has 0 atom stereocenters. The van der Waals surface area contributed by atoms with Crippen molar-refractivity contribution in [3.05, 3.63) is 54.1 Å². The highest BCUT2D eigenvalue weighted by molar-refractivity contribution is 5.70. The van der Waals surface area contributed by atoms with Gasteiger partial charge >= 0.3 is 6.18 Å². The van der Waals surface area contributed by atoms with Gasteiger partial charge in [0, 0.05) is 11.6 Å². The van der Waals surface area contributed by atoms with Crippen LogP contribution in [-0.2, 0) is 6.18 Å². The molecule has 1 radical (unpaired) electrons. The molecule has 0 aliphatic heterocycles. The smallest absolute Gasteiger partial charge is 0.416 e. The maximum Gasteiger partial charge on any atom is 0.416 e. The van der Waals surface area contributed by atoms with Crippen molar-refractivity contribution in [1.29, 1.82) is 0 Å². The number of ether oxygens (including phenoxy) is 1. The van der Waals surface area contributed by atoms with Gasteiger partial charge in [-0.3, -0.25) is 0 Å². The molecule has 20 heavy (non-hydrogen) atoms. The molecule has 4 heteroatoms. The molecule has 0 spiro atoms. The number of alkyl halides is 3. The summed E-state index contributed by atoms with van der Waals surface area (Å²) in [7, 11) is 0. The first kappa shape index (κ1) is 14.0. The molecule has 0 aliphatic carbocycles. The quantitative estimate of drug-likeness (QED) is 0.763. The van der Waals surface area contributed by atoms with Crippen LogP contribution in [0.4, 0.5) is 13.2 Å². The number of benzene rings is 2. The third-order valence-corrected chi connectivity index (χ3v) is 2.62. The van der Waals surface area contributed by atoms with Crippen LogP contribution >= 0.6 is 0 Å². The lowest BCUT2D eigenvalue weighted by Crippen LogP contribution is -2.04. The molecule has 0 saturated carbocycles. The van der Waals surface area contributed by atoms with E-state index >= 15 is 0 Å². The minimum atomic E-state index is -4.38. The molecule has 0 bridgehead atoms. The number of hydrogen-bond donors (Lipinski definition) is 0. The van der Waals surface area contributed by atoms with Crippen LogP contribution in [0.2, 0.25) is 0 Å². The van der Waals surface area contributed by atoms with Crippen LogP contribution in [-0.4, -0.2) is 6.61 Å². The summed E-state index contributed by atoms with van der Waals surface area (Å²) in [6.45, 7) is 0.0342. The summed E-state index contributed by atoms with van der Waals surface area (Å²) in [5.41, 5.74) is 0.222. The Morgan fingerprint density at radius 3 is 2.70 bits per heavy atom. The second-order valence-electron chi connectivity index (χ2n) is 3.98. The molecule has 0 amide bonds.